The van der Waals surface area contributed by atoms with Crippen LogP contribution in [0.1, 0.15) is 5.69 Å². The van der Waals surface area contributed by atoms with Crippen molar-refractivity contribution < 1.29 is 9.59 Å². The largest absolute Gasteiger partial charge is 0.343 e. The van der Waals surface area contributed by atoms with Crippen LogP contribution in [0.3, 0.4) is 0 Å². The van der Waals surface area contributed by atoms with Gasteiger partial charge >= 0.3 is 0 Å². The maximum absolute atomic E-state index is 12.0. The lowest BCUT2D eigenvalue weighted by atomic mass is 10.1. The molecule has 24 heavy (non-hydrogen) atoms. The van der Waals surface area contributed by atoms with Crippen LogP contribution in [-0.4, -0.2) is 23.3 Å². The molecule has 3 aromatic rings. The Morgan fingerprint density at radius 3 is 2.79 bits per heavy atom. The molecule has 0 fully saturated rings. The Bertz CT molecular complexity index is 883. The highest BCUT2D eigenvalue weighted by atomic mass is 32.1. The molecule has 0 atom stereocenters. The lowest BCUT2D eigenvalue weighted by Crippen LogP contribution is -2.31. The van der Waals surface area contributed by atoms with Crippen LogP contribution in [0.15, 0.2) is 59.4 Å². The number of thiazole rings is 1. The van der Waals surface area contributed by atoms with Crippen molar-refractivity contribution in [1.29, 1.82) is 0 Å². The molecule has 6 heteroatoms. The lowest BCUT2D eigenvalue weighted by Gasteiger charge is -2.09. The Balaban J connectivity index is 1.56. The molecule has 0 aliphatic rings. The Kier molecular flexibility index (Phi) is 4.98. The molecule has 0 saturated carbocycles. The predicted molar refractivity (Wildman–Crippen MR) is 96.7 cm³/mol. The van der Waals surface area contributed by atoms with E-state index in [-0.39, 0.29) is 18.4 Å². The van der Waals surface area contributed by atoms with Crippen LogP contribution < -0.4 is 10.6 Å². The van der Waals surface area contributed by atoms with Gasteiger partial charge in [-0.15, -0.1) is 11.3 Å². The van der Waals surface area contributed by atoms with Gasteiger partial charge in [0.1, 0.15) is 0 Å². The summed E-state index contributed by atoms with van der Waals surface area (Å²) in [7, 11) is 0. The summed E-state index contributed by atoms with van der Waals surface area (Å²) in [6.45, 7) is -0.0938. The van der Waals surface area contributed by atoms with Crippen LogP contribution in [0.5, 0.6) is 0 Å². The van der Waals surface area contributed by atoms with E-state index >= 15 is 0 Å². The summed E-state index contributed by atoms with van der Waals surface area (Å²) in [5.41, 5.74) is 3.13. The molecule has 0 bridgehead atoms. The zero-order chi connectivity index (χ0) is 16.8. The van der Waals surface area contributed by atoms with Crippen LogP contribution in [0.25, 0.3) is 16.8 Å². The number of hydrogen-bond acceptors (Lipinski definition) is 4. The summed E-state index contributed by atoms with van der Waals surface area (Å²) in [5.74, 6) is -0.613. The molecule has 2 amide bonds. The van der Waals surface area contributed by atoms with Crippen molar-refractivity contribution in [1.82, 2.24) is 10.3 Å². The van der Waals surface area contributed by atoms with E-state index in [1.54, 1.807) is 11.6 Å². The van der Waals surface area contributed by atoms with E-state index in [9.17, 15) is 9.59 Å². The fraction of sp³-hybridized carbons (Fsp3) is 0.0556. The van der Waals surface area contributed by atoms with Gasteiger partial charge in [-0.3, -0.25) is 9.59 Å². The van der Waals surface area contributed by atoms with Gasteiger partial charge < -0.3 is 10.6 Å². The average molecular weight is 337 g/mol. The highest BCUT2D eigenvalue weighted by Crippen LogP contribution is 2.22. The topological polar surface area (TPSA) is 71.1 Å². The minimum atomic E-state index is -0.337. The van der Waals surface area contributed by atoms with E-state index in [2.05, 4.69) is 15.6 Å². The van der Waals surface area contributed by atoms with E-state index in [0.29, 0.717) is 0 Å². The van der Waals surface area contributed by atoms with E-state index in [1.807, 2.05) is 47.8 Å². The number of carbonyl (C=O) groups excluding carboxylic acids is 2. The molecule has 0 saturated heterocycles. The molecule has 0 aliphatic heterocycles. The van der Waals surface area contributed by atoms with Gasteiger partial charge in [-0.2, -0.15) is 0 Å². The molecule has 0 radical (unpaired) electrons. The minimum absolute atomic E-state index is 0.0938. The maximum Gasteiger partial charge on any atom is 0.244 e. The smallest absolute Gasteiger partial charge is 0.244 e. The van der Waals surface area contributed by atoms with E-state index in [0.717, 1.165) is 22.2 Å². The van der Waals surface area contributed by atoms with Gasteiger partial charge in [0.15, 0.2) is 0 Å². The molecule has 3 rings (SSSR count). The second-order valence-corrected chi connectivity index (χ2v) is 5.76. The van der Waals surface area contributed by atoms with Crippen LogP contribution >= 0.6 is 11.3 Å². The molecular formula is C18H15N3O2S. The van der Waals surface area contributed by atoms with Gasteiger partial charge in [0.2, 0.25) is 11.8 Å². The number of carbonyl (C=O) groups is 2. The predicted octanol–water partition coefficient (Wildman–Crippen LogP) is 3.06. The first-order chi connectivity index (χ1) is 11.7. The Morgan fingerprint density at radius 2 is 1.96 bits per heavy atom. The summed E-state index contributed by atoms with van der Waals surface area (Å²) < 4.78 is 0. The SMILES string of the molecule is O=C(/C=C\c1cscn1)NCC(=O)Nc1cccc2ccccc12. The molecule has 0 aliphatic carbocycles. The van der Waals surface area contributed by atoms with E-state index < -0.39 is 0 Å². The molecular weight excluding hydrogens is 322 g/mol. The Morgan fingerprint density at radius 1 is 1.12 bits per heavy atom. The lowest BCUT2D eigenvalue weighted by molar-refractivity contribution is -0.121. The van der Waals surface area contributed by atoms with E-state index in [4.69, 9.17) is 0 Å². The third kappa shape index (κ3) is 4.05. The normalized spacial score (nSPS) is 10.8. The fourth-order valence-electron chi connectivity index (χ4n) is 2.22. The second kappa shape index (κ2) is 7.52. The molecule has 2 aromatic carbocycles. The summed E-state index contributed by atoms with van der Waals surface area (Å²) in [6, 6.07) is 13.5. The number of nitrogens with zero attached hydrogens (tertiary/aromatic N) is 1. The molecule has 0 spiro atoms. The number of amides is 2. The standard InChI is InChI=1S/C18H15N3O2S/c22-17(9-8-14-11-24-12-20-14)19-10-18(23)21-16-7-3-5-13-4-1-2-6-15(13)16/h1-9,11-12H,10H2,(H,19,22)(H,21,23)/b9-8-. The number of rotatable bonds is 5. The molecule has 2 N–H and O–H groups in total. The van der Waals surface area contributed by atoms with Crippen LogP contribution in [-0.2, 0) is 9.59 Å². The number of aromatic nitrogens is 1. The van der Waals surface area contributed by atoms with Crippen molar-refractivity contribution in [2.45, 2.75) is 0 Å². The Hall–Kier alpha value is -2.99. The summed E-state index contributed by atoms with van der Waals surface area (Å²) in [4.78, 5) is 27.8. The van der Waals surface area contributed by atoms with Crippen LogP contribution in [0, 0.1) is 0 Å². The van der Waals surface area contributed by atoms with Gasteiger partial charge in [-0.05, 0) is 17.5 Å². The number of hydrogen-bond donors (Lipinski definition) is 2. The maximum atomic E-state index is 12.0. The summed E-state index contributed by atoms with van der Waals surface area (Å²) in [6.07, 6.45) is 2.97. The quantitative estimate of drug-likeness (QED) is 0.703. The van der Waals surface area contributed by atoms with Crippen LogP contribution in [0.2, 0.25) is 0 Å². The molecule has 0 unspecified atom stereocenters. The highest BCUT2D eigenvalue weighted by molar-refractivity contribution is 7.07. The van der Waals surface area contributed by atoms with Gasteiger partial charge in [-0.25, -0.2) is 4.98 Å². The number of anilines is 1. The molecule has 1 aromatic heterocycles. The first kappa shape index (κ1) is 15.9. The second-order valence-electron chi connectivity index (χ2n) is 5.04. The third-order valence-electron chi connectivity index (χ3n) is 3.34. The molecule has 120 valence electrons. The first-order valence-corrected chi connectivity index (χ1v) is 8.28. The minimum Gasteiger partial charge on any atom is -0.343 e. The Labute approximate surface area is 143 Å². The van der Waals surface area contributed by atoms with Crippen molar-refractivity contribution in [2.75, 3.05) is 11.9 Å². The zero-order valence-corrected chi connectivity index (χ0v) is 13.5. The molecule has 1 heterocycles. The van der Waals surface area contributed by atoms with Crippen molar-refractivity contribution in [2.24, 2.45) is 0 Å². The highest BCUT2D eigenvalue weighted by Gasteiger charge is 2.06. The average Bonchev–Trinajstić information content (AvgIpc) is 3.12. The molecule has 5 nitrogen and oxygen atoms in total. The third-order valence-corrected chi connectivity index (χ3v) is 3.95. The zero-order valence-electron chi connectivity index (χ0n) is 12.7. The fourth-order valence-corrected chi connectivity index (χ4v) is 2.74. The van der Waals surface area contributed by atoms with Gasteiger partial charge in [0.25, 0.3) is 0 Å². The van der Waals surface area contributed by atoms with Crippen molar-refractivity contribution in [3.63, 3.8) is 0 Å². The number of nitrogens with one attached hydrogen (secondary N) is 2. The van der Waals surface area contributed by atoms with Gasteiger partial charge in [0.05, 0.1) is 17.7 Å². The van der Waals surface area contributed by atoms with Crippen molar-refractivity contribution in [3.05, 3.63) is 65.1 Å². The summed E-state index contributed by atoms with van der Waals surface area (Å²) in [5, 5.41) is 9.21. The van der Waals surface area contributed by atoms with Crippen molar-refractivity contribution >= 4 is 45.7 Å². The number of benzene rings is 2. The van der Waals surface area contributed by atoms with E-state index in [1.165, 1.54) is 17.4 Å². The first-order valence-electron chi connectivity index (χ1n) is 7.34. The van der Waals surface area contributed by atoms with Gasteiger partial charge in [0, 0.05) is 22.5 Å². The van der Waals surface area contributed by atoms with Crippen molar-refractivity contribution in [3.8, 4) is 0 Å². The van der Waals surface area contributed by atoms with Crippen LogP contribution in [0.4, 0.5) is 5.69 Å². The van der Waals surface area contributed by atoms with Gasteiger partial charge in [-0.1, -0.05) is 36.4 Å². The monoisotopic (exact) mass is 337 g/mol. The number of fused-ring (bicyclic) bond motifs is 1. The summed E-state index contributed by atoms with van der Waals surface area (Å²) >= 11 is 1.45.